The van der Waals surface area contributed by atoms with Gasteiger partial charge in [-0.25, -0.2) is 5.43 Å². The maximum Gasteiger partial charge on any atom is 0.281 e. The van der Waals surface area contributed by atoms with Crippen LogP contribution in [0.2, 0.25) is 0 Å². The highest BCUT2D eigenvalue weighted by atomic mass is 32.1. The first-order chi connectivity index (χ1) is 8.27. The molecule has 5 heteroatoms. The number of carbonyl (C=O) groups is 1. The molecule has 2 aromatic rings. The molecule has 0 aliphatic carbocycles. The number of hydrazone groups is 1. The van der Waals surface area contributed by atoms with Crippen LogP contribution in [-0.4, -0.2) is 16.6 Å². The fraction of sp³-hybridized carbons (Fsp3) is 0.0833. The van der Waals surface area contributed by atoms with Crippen LogP contribution in [0, 0.1) is 0 Å². The summed E-state index contributed by atoms with van der Waals surface area (Å²) < 4.78 is 0. The molecule has 0 spiro atoms. The van der Waals surface area contributed by atoms with E-state index < -0.39 is 0 Å². The van der Waals surface area contributed by atoms with E-state index in [-0.39, 0.29) is 5.91 Å². The summed E-state index contributed by atoms with van der Waals surface area (Å²) in [6.07, 6.45) is 3.38. The Balaban J connectivity index is 2.04. The minimum atomic E-state index is -0.187. The van der Waals surface area contributed by atoms with Crippen LogP contribution in [0.15, 0.2) is 47.1 Å². The van der Waals surface area contributed by atoms with Gasteiger partial charge in [0.15, 0.2) is 0 Å². The Morgan fingerprint density at radius 3 is 2.76 bits per heavy atom. The number of hydrogen-bond donors (Lipinski definition) is 1. The average molecular weight is 245 g/mol. The highest BCUT2D eigenvalue weighted by Crippen LogP contribution is 2.07. The van der Waals surface area contributed by atoms with Crippen LogP contribution in [0.25, 0.3) is 0 Å². The third-order valence-electron chi connectivity index (χ3n) is 2.17. The molecule has 0 radical (unpaired) electrons. The molecule has 2 aromatic heterocycles. The Kier molecular flexibility index (Phi) is 3.62. The second-order valence-corrected chi connectivity index (χ2v) is 4.30. The molecule has 1 N–H and O–H groups in total. The van der Waals surface area contributed by atoms with Crippen molar-refractivity contribution in [3.63, 3.8) is 0 Å². The second-order valence-electron chi connectivity index (χ2n) is 3.35. The van der Waals surface area contributed by atoms with E-state index in [1.54, 1.807) is 18.5 Å². The van der Waals surface area contributed by atoms with Crippen molar-refractivity contribution in [3.05, 3.63) is 52.5 Å². The molecule has 0 fully saturated rings. The maximum absolute atomic E-state index is 11.6. The molecule has 0 atom stereocenters. The fourth-order valence-corrected chi connectivity index (χ4v) is 1.87. The van der Waals surface area contributed by atoms with Crippen molar-refractivity contribution in [2.45, 2.75) is 6.92 Å². The largest absolute Gasteiger partial charge is 0.281 e. The summed E-state index contributed by atoms with van der Waals surface area (Å²) in [6, 6.07) is 7.28. The van der Waals surface area contributed by atoms with Crippen LogP contribution >= 0.6 is 11.3 Å². The number of hydrogen-bond acceptors (Lipinski definition) is 4. The van der Waals surface area contributed by atoms with E-state index in [0.717, 1.165) is 11.3 Å². The molecule has 0 unspecified atom stereocenters. The van der Waals surface area contributed by atoms with Gasteiger partial charge in [-0.2, -0.15) is 5.10 Å². The molecule has 1 amide bonds. The normalized spacial score (nSPS) is 11.2. The third kappa shape index (κ3) is 2.98. The molecule has 2 heterocycles. The standard InChI is InChI=1S/C12H11N3OS/c1-9(10-4-6-13-7-5-10)14-15-12(16)11-3-2-8-17-11/h2-8H,1H3,(H,15,16). The van der Waals surface area contributed by atoms with Crippen LogP contribution in [0.5, 0.6) is 0 Å². The average Bonchev–Trinajstić information content (AvgIpc) is 2.90. The van der Waals surface area contributed by atoms with Gasteiger partial charge >= 0.3 is 0 Å². The van der Waals surface area contributed by atoms with E-state index in [9.17, 15) is 4.79 Å². The van der Waals surface area contributed by atoms with Gasteiger partial charge in [0.1, 0.15) is 0 Å². The summed E-state index contributed by atoms with van der Waals surface area (Å²) in [6.45, 7) is 1.84. The summed E-state index contributed by atoms with van der Waals surface area (Å²) in [5.41, 5.74) is 4.21. The van der Waals surface area contributed by atoms with E-state index in [1.165, 1.54) is 11.3 Å². The smallest absolute Gasteiger partial charge is 0.266 e. The van der Waals surface area contributed by atoms with E-state index in [1.807, 2.05) is 30.5 Å². The van der Waals surface area contributed by atoms with E-state index in [2.05, 4.69) is 15.5 Å². The van der Waals surface area contributed by atoms with Crippen molar-refractivity contribution in [1.82, 2.24) is 10.4 Å². The summed E-state index contributed by atoms with van der Waals surface area (Å²) in [5.74, 6) is -0.187. The Bertz CT molecular complexity index is 520. The van der Waals surface area contributed by atoms with E-state index in [0.29, 0.717) is 4.88 Å². The van der Waals surface area contributed by atoms with Gasteiger partial charge < -0.3 is 0 Å². The maximum atomic E-state index is 11.6. The number of carbonyl (C=O) groups excluding carboxylic acids is 1. The van der Waals surface area contributed by atoms with E-state index in [4.69, 9.17) is 0 Å². The predicted octanol–water partition coefficient (Wildman–Crippen LogP) is 2.30. The number of thiophene rings is 1. The van der Waals surface area contributed by atoms with Crippen molar-refractivity contribution in [2.75, 3.05) is 0 Å². The second kappa shape index (κ2) is 5.36. The first-order valence-corrected chi connectivity index (χ1v) is 5.94. The van der Waals surface area contributed by atoms with Crippen molar-refractivity contribution in [1.29, 1.82) is 0 Å². The Morgan fingerprint density at radius 1 is 1.35 bits per heavy atom. The molecule has 0 saturated heterocycles. The van der Waals surface area contributed by atoms with E-state index >= 15 is 0 Å². The number of amides is 1. The van der Waals surface area contributed by atoms with Crippen LogP contribution in [-0.2, 0) is 0 Å². The van der Waals surface area contributed by atoms with Crippen LogP contribution in [0.1, 0.15) is 22.2 Å². The predicted molar refractivity (Wildman–Crippen MR) is 68.2 cm³/mol. The van der Waals surface area contributed by atoms with Crippen LogP contribution in [0.3, 0.4) is 0 Å². The molecular formula is C12H11N3OS. The van der Waals surface area contributed by atoms with Gasteiger partial charge in [0.25, 0.3) is 5.91 Å². The lowest BCUT2D eigenvalue weighted by Gasteiger charge is -2.00. The third-order valence-corrected chi connectivity index (χ3v) is 3.04. The fourth-order valence-electron chi connectivity index (χ4n) is 1.26. The zero-order valence-corrected chi connectivity index (χ0v) is 10.1. The highest BCUT2D eigenvalue weighted by Gasteiger charge is 2.04. The summed E-state index contributed by atoms with van der Waals surface area (Å²) in [7, 11) is 0. The minimum absolute atomic E-state index is 0.187. The van der Waals surface area contributed by atoms with Crippen molar-refractivity contribution >= 4 is 23.0 Å². The lowest BCUT2D eigenvalue weighted by Crippen LogP contribution is -2.18. The summed E-state index contributed by atoms with van der Waals surface area (Å²) in [5, 5.41) is 5.90. The lowest BCUT2D eigenvalue weighted by molar-refractivity contribution is 0.0959. The van der Waals surface area contributed by atoms with Crippen LogP contribution in [0.4, 0.5) is 0 Å². The molecule has 2 rings (SSSR count). The van der Waals surface area contributed by atoms with Gasteiger partial charge in [-0.15, -0.1) is 11.3 Å². The van der Waals surface area contributed by atoms with Gasteiger partial charge in [0.05, 0.1) is 10.6 Å². The molecule has 0 aromatic carbocycles. The number of pyridine rings is 1. The van der Waals surface area contributed by atoms with Crippen LogP contribution < -0.4 is 5.43 Å². The Morgan fingerprint density at radius 2 is 2.12 bits per heavy atom. The highest BCUT2D eigenvalue weighted by molar-refractivity contribution is 7.12. The monoisotopic (exact) mass is 245 g/mol. The van der Waals surface area contributed by atoms with Crippen molar-refractivity contribution in [2.24, 2.45) is 5.10 Å². The molecule has 0 saturated carbocycles. The molecular weight excluding hydrogens is 234 g/mol. The Labute approximate surface area is 103 Å². The topological polar surface area (TPSA) is 54.4 Å². The number of rotatable bonds is 3. The zero-order chi connectivity index (χ0) is 12.1. The number of nitrogens with zero attached hydrogens (tertiary/aromatic N) is 2. The SMILES string of the molecule is CC(=NNC(=O)c1cccs1)c1ccncc1. The summed E-state index contributed by atoms with van der Waals surface area (Å²) >= 11 is 1.39. The first-order valence-electron chi connectivity index (χ1n) is 5.06. The molecule has 0 aliphatic heterocycles. The zero-order valence-electron chi connectivity index (χ0n) is 9.25. The summed E-state index contributed by atoms with van der Waals surface area (Å²) in [4.78, 5) is 16.2. The molecule has 4 nitrogen and oxygen atoms in total. The van der Waals surface area contributed by atoms with Gasteiger partial charge in [0, 0.05) is 18.0 Å². The van der Waals surface area contributed by atoms with Gasteiger partial charge in [-0.05, 0) is 30.5 Å². The van der Waals surface area contributed by atoms with Gasteiger partial charge in [-0.3, -0.25) is 9.78 Å². The quantitative estimate of drug-likeness (QED) is 0.666. The number of aromatic nitrogens is 1. The van der Waals surface area contributed by atoms with Crippen molar-refractivity contribution < 1.29 is 4.79 Å². The van der Waals surface area contributed by atoms with Gasteiger partial charge in [0.2, 0.25) is 0 Å². The minimum Gasteiger partial charge on any atom is -0.266 e. The number of nitrogens with one attached hydrogen (secondary N) is 1. The Hall–Kier alpha value is -2.01. The molecule has 17 heavy (non-hydrogen) atoms. The molecule has 86 valence electrons. The lowest BCUT2D eigenvalue weighted by atomic mass is 10.2. The molecule has 0 aliphatic rings. The first kappa shape index (κ1) is 11.5. The molecule has 0 bridgehead atoms. The van der Waals surface area contributed by atoms with Gasteiger partial charge in [-0.1, -0.05) is 6.07 Å². The van der Waals surface area contributed by atoms with Crippen molar-refractivity contribution in [3.8, 4) is 0 Å².